The molecule has 1 aliphatic heterocycles. The molecule has 39 heavy (non-hydrogen) atoms. The minimum Gasteiger partial charge on any atom is -0.367 e. The van der Waals surface area contributed by atoms with Gasteiger partial charge in [0.15, 0.2) is 0 Å². The third kappa shape index (κ3) is 5.04. The molecule has 1 aliphatic rings. The molecule has 11 heteroatoms. The summed E-state index contributed by atoms with van der Waals surface area (Å²) in [6.45, 7) is 5.28. The van der Waals surface area contributed by atoms with Crippen molar-refractivity contribution in [3.63, 3.8) is 0 Å². The Morgan fingerprint density at radius 3 is 2.51 bits per heavy atom. The molecule has 1 saturated heterocycles. The number of aromatic nitrogens is 2. The number of amides is 1. The summed E-state index contributed by atoms with van der Waals surface area (Å²) < 4.78 is 45.3. The van der Waals surface area contributed by atoms with Gasteiger partial charge < -0.3 is 14.8 Å². The smallest absolute Gasteiger partial charge is 0.264 e. The highest BCUT2D eigenvalue weighted by Crippen LogP contribution is 2.39. The van der Waals surface area contributed by atoms with Gasteiger partial charge in [-0.1, -0.05) is 12.1 Å². The highest BCUT2D eigenvalue weighted by Gasteiger charge is 2.30. The van der Waals surface area contributed by atoms with E-state index in [1.54, 1.807) is 11.6 Å². The summed E-state index contributed by atoms with van der Waals surface area (Å²) in [6, 6.07) is 9.45. The van der Waals surface area contributed by atoms with E-state index in [0.29, 0.717) is 29.9 Å². The van der Waals surface area contributed by atoms with Gasteiger partial charge in [0.2, 0.25) is 0 Å². The molecule has 0 bridgehead atoms. The van der Waals surface area contributed by atoms with Crippen molar-refractivity contribution in [2.45, 2.75) is 32.4 Å². The number of hydrogen-bond donors (Lipinski definition) is 1. The molecule has 1 amide bonds. The van der Waals surface area contributed by atoms with Gasteiger partial charge in [0.25, 0.3) is 17.9 Å². The molecule has 5 rings (SSSR count). The molecule has 2 atom stereocenters. The number of piperazine rings is 1. The molecule has 1 fully saturated rings. The van der Waals surface area contributed by atoms with E-state index in [2.05, 4.69) is 29.0 Å². The molecule has 0 spiro atoms. The van der Waals surface area contributed by atoms with E-state index in [4.69, 9.17) is 0 Å². The summed E-state index contributed by atoms with van der Waals surface area (Å²) in [7, 11) is 3.41. The topological polar surface area (TPSA) is 70.5 Å². The molecule has 2 aromatic heterocycles. The van der Waals surface area contributed by atoms with Crippen molar-refractivity contribution in [1.82, 2.24) is 14.5 Å². The van der Waals surface area contributed by atoms with Crippen LogP contribution < -0.4 is 15.8 Å². The Bertz CT molecular complexity index is 1610. The summed E-state index contributed by atoms with van der Waals surface area (Å²) in [6.07, 6.45) is -1.93. The monoisotopic (exact) mass is 555 g/mol. The van der Waals surface area contributed by atoms with Crippen molar-refractivity contribution in [2.75, 3.05) is 30.4 Å². The first kappa shape index (κ1) is 26.9. The van der Waals surface area contributed by atoms with Crippen LogP contribution in [0.1, 0.15) is 36.2 Å². The van der Waals surface area contributed by atoms with Crippen molar-refractivity contribution in [2.24, 2.45) is 7.05 Å². The van der Waals surface area contributed by atoms with Crippen molar-refractivity contribution >= 4 is 38.8 Å². The summed E-state index contributed by atoms with van der Waals surface area (Å²) >= 11 is 1.43. The average Bonchev–Trinajstić information content (AvgIpc) is 3.38. The highest BCUT2D eigenvalue weighted by atomic mass is 32.1. The maximum Gasteiger partial charge on any atom is 0.264 e. The normalized spacial score (nSPS) is 18.2. The predicted octanol–water partition coefficient (Wildman–Crippen LogP) is 5.52. The summed E-state index contributed by atoms with van der Waals surface area (Å²) in [5, 5.41) is 2.76. The molecule has 3 heterocycles. The molecular weight excluding hydrogens is 527 g/mol. The number of nitrogens with one attached hydrogen (secondary N) is 1. The number of alkyl halides is 2. The van der Waals surface area contributed by atoms with Gasteiger partial charge in [-0.2, -0.15) is 0 Å². The van der Waals surface area contributed by atoms with Crippen molar-refractivity contribution in [3.05, 3.63) is 75.4 Å². The number of anilines is 2. The molecule has 0 aliphatic carbocycles. The molecule has 0 unspecified atom stereocenters. The SMILES string of the molecule is C[C@@H]1CN(c2cc(F)c(-c3cccc4scnc34)cc2NC(=O)c2cn(C)c(=O)cc2C(F)F)C[C@H](C)N1C. The zero-order valence-electron chi connectivity index (χ0n) is 21.9. The molecule has 2 aromatic carbocycles. The number of hydrogen-bond acceptors (Lipinski definition) is 6. The summed E-state index contributed by atoms with van der Waals surface area (Å²) in [4.78, 5) is 34.0. The Morgan fingerprint density at radius 1 is 1.10 bits per heavy atom. The number of aryl methyl sites for hydroxylation is 1. The van der Waals surface area contributed by atoms with Crippen LogP contribution in [0.25, 0.3) is 21.3 Å². The lowest BCUT2D eigenvalue weighted by Gasteiger charge is -2.44. The van der Waals surface area contributed by atoms with E-state index in [9.17, 15) is 18.4 Å². The number of carbonyl (C=O) groups is 1. The van der Waals surface area contributed by atoms with Crippen LogP contribution in [0.5, 0.6) is 0 Å². The maximum absolute atomic E-state index is 15.8. The van der Waals surface area contributed by atoms with E-state index < -0.39 is 29.3 Å². The molecule has 204 valence electrons. The highest BCUT2D eigenvalue weighted by molar-refractivity contribution is 7.16. The number of halogens is 3. The summed E-state index contributed by atoms with van der Waals surface area (Å²) in [5.41, 5.74) is 2.20. The van der Waals surface area contributed by atoms with Crippen LogP contribution in [-0.4, -0.2) is 52.6 Å². The largest absolute Gasteiger partial charge is 0.367 e. The number of rotatable bonds is 5. The lowest BCUT2D eigenvalue weighted by atomic mass is 10.0. The minimum absolute atomic E-state index is 0.151. The van der Waals surface area contributed by atoms with Gasteiger partial charge in [-0.3, -0.25) is 14.5 Å². The van der Waals surface area contributed by atoms with Crippen LogP contribution >= 0.6 is 11.3 Å². The van der Waals surface area contributed by atoms with E-state index in [1.165, 1.54) is 30.5 Å². The van der Waals surface area contributed by atoms with E-state index in [-0.39, 0.29) is 28.9 Å². The Hall–Kier alpha value is -3.70. The van der Waals surface area contributed by atoms with Crippen LogP contribution in [0.3, 0.4) is 0 Å². The van der Waals surface area contributed by atoms with E-state index >= 15 is 4.39 Å². The number of fused-ring (bicyclic) bond motifs is 1. The number of thiazole rings is 1. The number of carbonyl (C=O) groups excluding carboxylic acids is 1. The second-order valence-corrected chi connectivity index (χ2v) is 10.9. The standard InChI is InChI=1S/C28H28F3N5O2S/c1-15-11-36(12-16(2)35(15)4)23-10-21(29)18(17-6-5-7-24-26(17)32-14-39-24)8-22(23)33-28(38)20-13-34(3)25(37)9-19(20)27(30)31/h5-10,13-16,27H,11-12H2,1-4H3,(H,33,38)/t15-,16+. The van der Waals surface area contributed by atoms with Gasteiger partial charge in [0.1, 0.15) is 5.82 Å². The Labute approximate surface area is 227 Å². The molecule has 0 radical (unpaired) electrons. The minimum atomic E-state index is -3.02. The zero-order chi connectivity index (χ0) is 28.0. The first-order valence-electron chi connectivity index (χ1n) is 12.5. The predicted molar refractivity (Wildman–Crippen MR) is 149 cm³/mol. The zero-order valence-corrected chi connectivity index (χ0v) is 22.7. The molecule has 7 nitrogen and oxygen atoms in total. The maximum atomic E-state index is 15.8. The molecule has 4 aromatic rings. The van der Waals surface area contributed by atoms with Gasteiger partial charge in [-0.15, -0.1) is 11.3 Å². The van der Waals surface area contributed by atoms with Crippen molar-refractivity contribution in [3.8, 4) is 11.1 Å². The lowest BCUT2D eigenvalue weighted by molar-refractivity contribution is 0.101. The number of benzene rings is 2. The first-order chi connectivity index (χ1) is 18.5. The van der Waals surface area contributed by atoms with Gasteiger partial charge in [-0.25, -0.2) is 18.2 Å². The van der Waals surface area contributed by atoms with Crippen molar-refractivity contribution < 1.29 is 18.0 Å². The molecular formula is C28H28F3N5O2S. The second kappa shape index (κ2) is 10.5. The Morgan fingerprint density at radius 2 is 1.82 bits per heavy atom. The van der Waals surface area contributed by atoms with Crippen LogP contribution in [0.4, 0.5) is 24.5 Å². The summed E-state index contributed by atoms with van der Waals surface area (Å²) in [5.74, 6) is -1.31. The lowest BCUT2D eigenvalue weighted by Crippen LogP contribution is -2.55. The third-order valence-corrected chi connectivity index (χ3v) is 8.22. The van der Waals surface area contributed by atoms with Gasteiger partial charge >= 0.3 is 0 Å². The number of para-hydroxylation sites is 1. The van der Waals surface area contributed by atoms with Crippen LogP contribution in [-0.2, 0) is 7.05 Å². The quantitative estimate of drug-likeness (QED) is 0.351. The van der Waals surface area contributed by atoms with Crippen LogP contribution in [0, 0.1) is 5.82 Å². The number of pyridine rings is 1. The van der Waals surface area contributed by atoms with Crippen LogP contribution in [0.15, 0.2) is 52.9 Å². The molecule has 1 N–H and O–H groups in total. The Kier molecular flexibility index (Phi) is 7.21. The fourth-order valence-electron chi connectivity index (χ4n) is 5.04. The van der Waals surface area contributed by atoms with Crippen molar-refractivity contribution in [1.29, 1.82) is 0 Å². The first-order valence-corrected chi connectivity index (χ1v) is 13.4. The van der Waals surface area contributed by atoms with Gasteiger partial charge in [0, 0.05) is 61.2 Å². The van der Waals surface area contributed by atoms with Gasteiger partial charge in [-0.05, 0) is 39.1 Å². The van der Waals surface area contributed by atoms with E-state index in [0.717, 1.165) is 21.5 Å². The fourth-order valence-corrected chi connectivity index (χ4v) is 5.74. The second-order valence-electron chi connectivity index (χ2n) is 9.97. The fraction of sp³-hybridized carbons (Fsp3) is 0.321. The van der Waals surface area contributed by atoms with Gasteiger partial charge in [0.05, 0.1) is 32.7 Å². The molecule has 0 saturated carbocycles. The van der Waals surface area contributed by atoms with Crippen LogP contribution in [0.2, 0.25) is 0 Å². The number of likely N-dealkylation sites (N-methyl/N-ethyl adjacent to an activating group) is 1. The Balaban J connectivity index is 1.64. The third-order valence-electron chi connectivity index (χ3n) is 7.42. The van der Waals surface area contributed by atoms with E-state index in [1.807, 2.05) is 24.1 Å². The number of nitrogens with zero attached hydrogens (tertiary/aromatic N) is 4. The average molecular weight is 556 g/mol.